The molecule has 118 valence electrons. The summed E-state index contributed by atoms with van der Waals surface area (Å²) in [5.41, 5.74) is -1.48. The van der Waals surface area contributed by atoms with Crippen LogP contribution in [-0.4, -0.2) is 59.4 Å². The molecule has 11 heteroatoms. The number of aromatic nitrogens is 2. The number of hydrogen-bond donors (Lipinski definition) is 3. The van der Waals surface area contributed by atoms with Crippen molar-refractivity contribution in [1.82, 2.24) is 9.55 Å². The van der Waals surface area contributed by atoms with Crippen molar-refractivity contribution in [3.63, 3.8) is 0 Å². The molecule has 0 saturated carbocycles. The Morgan fingerprint density at radius 2 is 2.14 bits per heavy atom. The maximum atomic E-state index is 11.7. The van der Waals surface area contributed by atoms with Gasteiger partial charge in [0, 0.05) is 12.3 Å². The molecule has 1 aromatic rings. The lowest BCUT2D eigenvalue weighted by atomic mass is 10.1. The third-order valence-electron chi connectivity index (χ3n) is 2.90. The van der Waals surface area contributed by atoms with E-state index in [1.807, 2.05) is 4.98 Å². The minimum atomic E-state index is -3.90. The summed E-state index contributed by atoms with van der Waals surface area (Å²) in [6, 6.07) is 1.04. The van der Waals surface area contributed by atoms with Gasteiger partial charge in [0.1, 0.15) is 18.3 Å². The van der Waals surface area contributed by atoms with Crippen LogP contribution in [-0.2, 0) is 19.0 Å². The van der Waals surface area contributed by atoms with Crippen LogP contribution in [0.5, 0.6) is 0 Å². The lowest BCUT2D eigenvalue weighted by Crippen LogP contribution is -2.39. The highest BCUT2D eigenvalue weighted by atomic mass is 32.2. The van der Waals surface area contributed by atoms with Gasteiger partial charge in [-0.1, -0.05) is 0 Å². The number of ether oxygens (including phenoxy) is 1. The van der Waals surface area contributed by atoms with Crippen molar-refractivity contribution in [3.05, 3.63) is 33.1 Å². The Labute approximate surface area is 118 Å². The first-order chi connectivity index (χ1) is 9.73. The van der Waals surface area contributed by atoms with Crippen LogP contribution in [0.25, 0.3) is 0 Å². The molecule has 1 aromatic heterocycles. The number of hydrogen-bond acceptors (Lipinski definition) is 8. The molecule has 10 nitrogen and oxygen atoms in total. The molecule has 2 heterocycles. The lowest BCUT2D eigenvalue weighted by Gasteiger charge is -2.18. The Kier molecular flexibility index (Phi) is 4.30. The first-order valence-corrected chi connectivity index (χ1v) is 7.68. The van der Waals surface area contributed by atoms with E-state index in [1.165, 1.54) is 0 Å². The van der Waals surface area contributed by atoms with E-state index in [4.69, 9.17) is 4.74 Å². The first-order valence-electron chi connectivity index (χ1n) is 5.87. The third-order valence-corrected chi connectivity index (χ3v) is 3.47. The molecule has 21 heavy (non-hydrogen) atoms. The normalized spacial score (nSPS) is 29.7. The van der Waals surface area contributed by atoms with Crippen LogP contribution in [0.2, 0.25) is 0 Å². The van der Waals surface area contributed by atoms with Crippen LogP contribution in [0.15, 0.2) is 21.9 Å². The Morgan fingerprint density at radius 1 is 1.48 bits per heavy atom. The minimum absolute atomic E-state index is 0.619. The molecule has 4 atom stereocenters. The van der Waals surface area contributed by atoms with Crippen molar-refractivity contribution in [2.45, 2.75) is 24.5 Å². The molecule has 1 saturated heterocycles. The zero-order valence-electron chi connectivity index (χ0n) is 10.9. The second-order valence-electron chi connectivity index (χ2n) is 4.52. The SMILES string of the molecule is CS(=O)(=O)O[C@H]1[C@@H](O)[C@H](n2ccc(=O)[nH]c2=O)O[C@@H]1CO. The van der Waals surface area contributed by atoms with Gasteiger partial charge >= 0.3 is 5.69 Å². The summed E-state index contributed by atoms with van der Waals surface area (Å²) >= 11 is 0. The van der Waals surface area contributed by atoms with Crippen LogP contribution in [0.3, 0.4) is 0 Å². The molecule has 1 aliphatic rings. The monoisotopic (exact) mass is 322 g/mol. The third kappa shape index (κ3) is 3.39. The topological polar surface area (TPSA) is 148 Å². The van der Waals surface area contributed by atoms with Crippen molar-refractivity contribution in [1.29, 1.82) is 0 Å². The zero-order valence-corrected chi connectivity index (χ0v) is 11.7. The Balaban J connectivity index is 2.35. The van der Waals surface area contributed by atoms with E-state index in [2.05, 4.69) is 4.18 Å². The number of H-pyrrole nitrogens is 1. The summed E-state index contributed by atoms with van der Waals surface area (Å²) < 4.78 is 33.1. The molecule has 0 aromatic carbocycles. The molecule has 0 bridgehead atoms. The van der Waals surface area contributed by atoms with E-state index in [9.17, 15) is 28.2 Å². The molecular weight excluding hydrogens is 308 g/mol. The summed E-state index contributed by atoms with van der Waals surface area (Å²) in [7, 11) is -3.90. The maximum Gasteiger partial charge on any atom is 0.330 e. The van der Waals surface area contributed by atoms with Gasteiger partial charge < -0.3 is 14.9 Å². The van der Waals surface area contributed by atoms with Gasteiger partial charge in [-0.25, -0.2) is 4.79 Å². The van der Waals surface area contributed by atoms with Crippen LogP contribution in [0.1, 0.15) is 6.23 Å². The van der Waals surface area contributed by atoms with E-state index in [1.54, 1.807) is 0 Å². The number of aliphatic hydroxyl groups is 2. The number of aliphatic hydroxyl groups excluding tert-OH is 2. The molecule has 0 aliphatic carbocycles. The van der Waals surface area contributed by atoms with Crippen LogP contribution >= 0.6 is 0 Å². The number of nitrogens with one attached hydrogen (secondary N) is 1. The summed E-state index contributed by atoms with van der Waals surface area (Å²) in [6.45, 7) is -0.619. The maximum absolute atomic E-state index is 11.7. The van der Waals surface area contributed by atoms with E-state index in [-0.39, 0.29) is 0 Å². The molecule has 0 radical (unpaired) electrons. The minimum Gasteiger partial charge on any atom is -0.394 e. The molecule has 2 rings (SSSR count). The van der Waals surface area contributed by atoms with E-state index < -0.39 is 52.5 Å². The number of rotatable bonds is 4. The van der Waals surface area contributed by atoms with Crippen molar-refractivity contribution < 1.29 is 27.6 Å². The smallest absolute Gasteiger partial charge is 0.330 e. The predicted molar refractivity (Wildman–Crippen MR) is 68.0 cm³/mol. The second kappa shape index (κ2) is 5.69. The average molecular weight is 322 g/mol. The van der Waals surface area contributed by atoms with Gasteiger partial charge in [0.15, 0.2) is 6.23 Å². The van der Waals surface area contributed by atoms with Gasteiger partial charge in [-0.15, -0.1) is 0 Å². The summed E-state index contributed by atoms with van der Waals surface area (Å²) in [4.78, 5) is 24.6. The highest BCUT2D eigenvalue weighted by molar-refractivity contribution is 7.86. The van der Waals surface area contributed by atoms with Gasteiger partial charge in [-0.3, -0.25) is 18.5 Å². The number of aromatic amines is 1. The fourth-order valence-corrected chi connectivity index (χ4v) is 2.69. The van der Waals surface area contributed by atoms with Crippen molar-refractivity contribution in [2.75, 3.05) is 12.9 Å². The van der Waals surface area contributed by atoms with E-state index in [0.29, 0.717) is 0 Å². The van der Waals surface area contributed by atoms with Crippen molar-refractivity contribution in [2.24, 2.45) is 0 Å². The van der Waals surface area contributed by atoms with Crippen molar-refractivity contribution in [3.8, 4) is 0 Å². The molecule has 0 spiro atoms. The molecule has 3 N–H and O–H groups in total. The standard InChI is InChI=1S/C10H14N2O8S/c1-21(17,18)20-8-5(4-13)19-9(7(8)15)12-3-2-6(14)11-10(12)16/h2-3,5,7-9,13,15H,4H2,1H3,(H,11,14,16)/t5-,7-,8-,9-/m1/s1. The summed E-state index contributed by atoms with van der Waals surface area (Å²) in [5, 5.41) is 19.3. The fourth-order valence-electron chi connectivity index (χ4n) is 2.04. The molecule has 0 unspecified atom stereocenters. The predicted octanol–water partition coefficient (Wildman–Crippen LogP) is -2.87. The fraction of sp³-hybridized carbons (Fsp3) is 0.600. The Morgan fingerprint density at radius 3 is 2.67 bits per heavy atom. The number of nitrogens with zero attached hydrogens (tertiary/aromatic N) is 1. The second-order valence-corrected chi connectivity index (χ2v) is 6.12. The van der Waals surface area contributed by atoms with E-state index >= 15 is 0 Å². The molecular formula is C10H14N2O8S. The largest absolute Gasteiger partial charge is 0.394 e. The van der Waals surface area contributed by atoms with Gasteiger partial charge in [-0.2, -0.15) is 8.42 Å². The lowest BCUT2D eigenvalue weighted by molar-refractivity contribution is -0.0543. The highest BCUT2D eigenvalue weighted by Crippen LogP contribution is 2.30. The average Bonchev–Trinajstić information content (AvgIpc) is 2.65. The summed E-state index contributed by atoms with van der Waals surface area (Å²) in [5.74, 6) is 0. The quantitative estimate of drug-likeness (QED) is 0.501. The summed E-state index contributed by atoms with van der Waals surface area (Å²) in [6.07, 6.45) is -3.45. The first kappa shape index (κ1) is 15.9. The Bertz CT molecular complexity index is 723. The molecule has 0 amide bonds. The van der Waals surface area contributed by atoms with E-state index in [0.717, 1.165) is 23.1 Å². The van der Waals surface area contributed by atoms with Crippen molar-refractivity contribution >= 4 is 10.1 Å². The van der Waals surface area contributed by atoms with Crippen LogP contribution in [0.4, 0.5) is 0 Å². The van der Waals surface area contributed by atoms with Crippen LogP contribution in [0, 0.1) is 0 Å². The van der Waals surface area contributed by atoms with Gasteiger partial charge in [-0.05, 0) is 0 Å². The molecule has 1 aliphatic heterocycles. The van der Waals surface area contributed by atoms with Gasteiger partial charge in [0.25, 0.3) is 15.7 Å². The highest BCUT2D eigenvalue weighted by Gasteiger charge is 2.47. The van der Waals surface area contributed by atoms with Gasteiger partial charge in [0.2, 0.25) is 0 Å². The zero-order chi connectivity index (χ0) is 15.8. The van der Waals surface area contributed by atoms with Gasteiger partial charge in [0.05, 0.1) is 12.9 Å². The Hall–Kier alpha value is -1.53. The van der Waals surface area contributed by atoms with Crippen LogP contribution < -0.4 is 11.2 Å². The molecule has 1 fully saturated rings.